The number of aldehydes is 1. The van der Waals surface area contributed by atoms with E-state index in [2.05, 4.69) is 11.9 Å². The van der Waals surface area contributed by atoms with Gasteiger partial charge in [0.15, 0.2) is 5.88 Å². The van der Waals surface area contributed by atoms with E-state index in [1.54, 1.807) is 0 Å². The summed E-state index contributed by atoms with van der Waals surface area (Å²) in [6.07, 6.45) is 5.65. The molecule has 0 aliphatic heterocycles. The summed E-state index contributed by atoms with van der Waals surface area (Å²) in [7, 11) is 0. The van der Waals surface area contributed by atoms with Crippen LogP contribution in [0.25, 0.3) is 10.9 Å². The molecule has 1 N–H and O–H groups in total. The Morgan fingerprint density at radius 3 is 2.89 bits per heavy atom. The Morgan fingerprint density at radius 2 is 2.11 bits per heavy atom. The highest BCUT2D eigenvalue weighted by atomic mass is 16.5. The monoisotopic (exact) mass is 245 g/mol. The van der Waals surface area contributed by atoms with Crippen LogP contribution in [0.4, 0.5) is 0 Å². The summed E-state index contributed by atoms with van der Waals surface area (Å²) in [5.41, 5.74) is 1.63. The second-order valence-corrected chi connectivity index (χ2v) is 4.51. The van der Waals surface area contributed by atoms with Crippen molar-refractivity contribution in [2.24, 2.45) is 0 Å². The summed E-state index contributed by atoms with van der Waals surface area (Å²) >= 11 is 0. The van der Waals surface area contributed by atoms with Crippen molar-refractivity contribution in [2.75, 3.05) is 6.61 Å². The fourth-order valence-corrected chi connectivity index (χ4v) is 1.98. The van der Waals surface area contributed by atoms with E-state index in [0.717, 1.165) is 36.1 Å². The molecule has 3 heteroatoms. The molecule has 2 aromatic rings. The Kier molecular flexibility index (Phi) is 4.40. The molecule has 2 rings (SSSR count). The maximum absolute atomic E-state index is 10.7. The van der Waals surface area contributed by atoms with Gasteiger partial charge in [0, 0.05) is 22.5 Å². The molecular formula is C15H19NO2. The molecule has 1 aromatic heterocycles. The molecule has 0 aliphatic rings. The standard InChI is InChI=1S/C15H19NO2/c1-2-3-4-5-8-18-15-10-13-7-6-12(11-17)9-14(13)16-15/h6-7,9-11,16H,2-5,8H2,1H3. The number of carbonyl (C=O) groups is 1. The third-order valence-electron chi connectivity index (χ3n) is 3.01. The molecule has 0 saturated heterocycles. The fraction of sp³-hybridized carbons (Fsp3) is 0.400. The van der Waals surface area contributed by atoms with Crippen molar-refractivity contribution in [3.63, 3.8) is 0 Å². The Bertz CT molecular complexity index is 516. The molecule has 0 atom stereocenters. The first-order valence-corrected chi connectivity index (χ1v) is 6.54. The van der Waals surface area contributed by atoms with E-state index in [-0.39, 0.29) is 0 Å². The number of ether oxygens (including phenoxy) is 1. The van der Waals surface area contributed by atoms with E-state index < -0.39 is 0 Å². The molecule has 0 radical (unpaired) electrons. The first kappa shape index (κ1) is 12.7. The first-order chi connectivity index (χ1) is 8.83. The third kappa shape index (κ3) is 3.13. The lowest BCUT2D eigenvalue weighted by molar-refractivity contribution is 0.112. The molecule has 0 unspecified atom stereocenters. The number of nitrogens with one attached hydrogen (secondary N) is 1. The molecule has 1 heterocycles. The van der Waals surface area contributed by atoms with E-state index in [9.17, 15) is 4.79 Å². The molecule has 0 bridgehead atoms. The molecule has 0 amide bonds. The SMILES string of the molecule is CCCCCCOc1cc2ccc(C=O)cc2[nH]1. The zero-order chi connectivity index (χ0) is 12.8. The Hall–Kier alpha value is -1.77. The smallest absolute Gasteiger partial charge is 0.191 e. The zero-order valence-electron chi connectivity index (χ0n) is 10.7. The Balaban J connectivity index is 1.95. The lowest BCUT2D eigenvalue weighted by Gasteiger charge is -2.02. The van der Waals surface area contributed by atoms with Gasteiger partial charge in [0.05, 0.1) is 6.61 Å². The van der Waals surface area contributed by atoms with Gasteiger partial charge in [-0.2, -0.15) is 0 Å². The van der Waals surface area contributed by atoms with E-state index >= 15 is 0 Å². The fourth-order valence-electron chi connectivity index (χ4n) is 1.98. The predicted molar refractivity (Wildman–Crippen MR) is 73.3 cm³/mol. The van der Waals surface area contributed by atoms with Crippen LogP contribution in [-0.4, -0.2) is 17.9 Å². The van der Waals surface area contributed by atoms with Crippen molar-refractivity contribution in [3.05, 3.63) is 29.8 Å². The first-order valence-electron chi connectivity index (χ1n) is 6.54. The van der Waals surface area contributed by atoms with Crippen LogP contribution in [0.2, 0.25) is 0 Å². The van der Waals surface area contributed by atoms with Gasteiger partial charge < -0.3 is 9.72 Å². The van der Waals surface area contributed by atoms with Gasteiger partial charge in [0.1, 0.15) is 6.29 Å². The van der Waals surface area contributed by atoms with Crippen molar-refractivity contribution in [3.8, 4) is 5.88 Å². The van der Waals surface area contributed by atoms with E-state index in [1.807, 2.05) is 24.3 Å². The quantitative estimate of drug-likeness (QED) is 0.593. The summed E-state index contributed by atoms with van der Waals surface area (Å²) in [5.74, 6) is 0.782. The van der Waals surface area contributed by atoms with Crippen LogP contribution in [0.1, 0.15) is 43.0 Å². The van der Waals surface area contributed by atoms with Gasteiger partial charge in [-0.25, -0.2) is 0 Å². The number of benzene rings is 1. The van der Waals surface area contributed by atoms with Crippen LogP contribution in [0.15, 0.2) is 24.3 Å². The van der Waals surface area contributed by atoms with Gasteiger partial charge in [0.2, 0.25) is 0 Å². The van der Waals surface area contributed by atoms with Gasteiger partial charge >= 0.3 is 0 Å². The minimum Gasteiger partial charge on any atom is -0.479 e. The number of unbranched alkanes of at least 4 members (excludes halogenated alkanes) is 3. The normalized spacial score (nSPS) is 10.7. The number of fused-ring (bicyclic) bond motifs is 1. The number of aromatic amines is 1. The van der Waals surface area contributed by atoms with Gasteiger partial charge in [-0.3, -0.25) is 4.79 Å². The number of hydrogen-bond acceptors (Lipinski definition) is 2. The molecule has 0 aliphatic carbocycles. The largest absolute Gasteiger partial charge is 0.479 e. The topological polar surface area (TPSA) is 42.1 Å². The van der Waals surface area contributed by atoms with E-state index in [1.165, 1.54) is 19.3 Å². The Labute approximate surface area is 107 Å². The lowest BCUT2D eigenvalue weighted by atomic mass is 10.2. The van der Waals surface area contributed by atoms with Gasteiger partial charge in [0.25, 0.3) is 0 Å². The highest BCUT2D eigenvalue weighted by Gasteiger charge is 2.02. The predicted octanol–water partition coefficient (Wildman–Crippen LogP) is 3.94. The van der Waals surface area contributed by atoms with Crippen molar-refractivity contribution in [1.29, 1.82) is 0 Å². The highest BCUT2D eigenvalue weighted by Crippen LogP contribution is 2.21. The van der Waals surface area contributed by atoms with Crippen LogP contribution >= 0.6 is 0 Å². The van der Waals surface area contributed by atoms with Crippen molar-refractivity contribution >= 4 is 17.2 Å². The van der Waals surface area contributed by atoms with Crippen LogP contribution in [0.3, 0.4) is 0 Å². The minimum absolute atomic E-state index is 0.679. The Morgan fingerprint density at radius 1 is 1.22 bits per heavy atom. The molecule has 0 fully saturated rings. The lowest BCUT2D eigenvalue weighted by Crippen LogP contribution is -1.96. The van der Waals surface area contributed by atoms with Crippen LogP contribution in [-0.2, 0) is 0 Å². The second kappa shape index (κ2) is 6.24. The summed E-state index contributed by atoms with van der Waals surface area (Å²) in [4.78, 5) is 13.9. The number of hydrogen-bond donors (Lipinski definition) is 1. The van der Waals surface area contributed by atoms with Gasteiger partial charge in [-0.15, -0.1) is 0 Å². The second-order valence-electron chi connectivity index (χ2n) is 4.51. The number of H-pyrrole nitrogens is 1. The average Bonchev–Trinajstić information content (AvgIpc) is 2.80. The molecule has 96 valence electrons. The van der Waals surface area contributed by atoms with Crippen LogP contribution in [0, 0.1) is 0 Å². The van der Waals surface area contributed by atoms with Gasteiger partial charge in [-0.1, -0.05) is 38.3 Å². The summed E-state index contributed by atoms with van der Waals surface area (Å²) in [6, 6.07) is 7.56. The maximum atomic E-state index is 10.7. The molecule has 0 spiro atoms. The molecule has 3 nitrogen and oxygen atoms in total. The number of aromatic nitrogens is 1. The van der Waals surface area contributed by atoms with E-state index in [4.69, 9.17) is 4.74 Å². The average molecular weight is 245 g/mol. The maximum Gasteiger partial charge on any atom is 0.191 e. The molecule has 1 aromatic carbocycles. The van der Waals surface area contributed by atoms with Crippen molar-refractivity contribution in [2.45, 2.75) is 32.6 Å². The zero-order valence-corrected chi connectivity index (χ0v) is 10.7. The molecule has 0 saturated carbocycles. The van der Waals surface area contributed by atoms with Crippen LogP contribution < -0.4 is 4.74 Å². The highest BCUT2D eigenvalue weighted by molar-refractivity contribution is 5.87. The van der Waals surface area contributed by atoms with Gasteiger partial charge in [-0.05, 0) is 12.5 Å². The van der Waals surface area contributed by atoms with Crippen molar-refractivity contribution in [1.82, 2.24) is 4.98 Å². The minimum atomic E-state index is 0.679. The van der Waals surface area contributed by atoms with E-state index in [0.29, 0.717) is 5.56 Å². The van der Waals surface area contributed by atoms with Crippen LogP contribution in [0.5, 0.6) is 5.88 Å². The summed E-state index contributed by atoms with van der Waals surface area (Å²) in [6.45, 7) is 2.94. The molecular weight excluding hydrogens is 226 g/mol. The summed E-state index contributed by atoms with van der Waals surface area (Å²) < 4.78 is 5.67. The molecule has 18 heavy (non-hydrogen) atoms. The van der Waals surface area contributed by atoms with Crippen molar-refractivity contribution < 1.29 is 9.53 Å². The number of carbonyl (C=O) groups excluding carboxylic acids is 1. The summed E-state index contributed by atoms with van der Waals surface area (Å²) in [5, 5.41) is 1.07. The number of rotatable bonds is 7. The third-order valence-corrected chi connectivity index (χ3v) is 3.01.